The highest BCUT2D eigenvalue weighted by molar-refractivity contribution is 5.88. The summed E-state index contributed by atoms with van der Waals surface area (Å²) in [6, 6.07) is 14.8. The van der Waals surface area contributed by atoms with Crippen LogP contribution in [0.1, 0.15) is 23.6 Å². The minimum atomic E-state index is -1.50. The molecule has 1 nitrogen and oxygen atoms in total. The van der Waals surface area contributed by atoms with Crippen molar-refractivity contribution in [3.8, 4) is 11.3 Å². The standard InChI is InChI=1S/C25H19F4N/c1-2-15-4-10-23(30-14-15)19-8-9-20-18(13-19)7-6-17(24(20)28)5-3-16-11-21(26)25(29)22(27)12-16/h4,6-14H,2-3,5H2,1H3. The van der Waals surface area contributed by atoms with Gasteiger partial charge >= 0.3 is 0 Å². The minimum Gasteiger partial charge on any atom is -0.256 e. The van der Waals surface area contributed by atoms with Crippen LogP contribution in [0.3, 0.4) is 0 Å². The molecule has 4 rings (SSSR count). The molecule has 0 unspecified atom stereocenters. The highest BCUT2D eigenvalue weighted by atomic mass is 19.2. The predicted octanol–water partition coefficient (Wildman–Crippen LogP) is 6.81. The summed E-state index contributed by atoms with van der Waals surface area (Å²) in [4.78, 5) is 4.47. The van der Waals surface area contributed by atoms with Crippen molar-refractivity contribution in [1.82, 2.24) is 4.98 Å². The molecule has 1 heterocycles. The summed E-state index contributed by atoms with van der Waals surface area (Å²) in [5.74, 6) is -4.34. The minimum absolute atomic E-state index is 0.197. The number of halogens is 4. The van der Waals surface area contributed by atoms with Crippen molar-refractivity contribution in [2.45, 2.75) is 26.2 Å². The predicted molar refractivity (Wildman–Crippen MR) is 110 cm³/mol. The fourth-order valence-electron chi connectivity index (χ4n) is 3.53. The molecule has 5 heteroatoms. The highest BCUT2D eigenvalue weighted by Gasteiger charge is 2.13. The Labute approximate surface area is 172 Å². The third kappa shape index (κ3) is 3.92. The van der Waals surface area contributed by atoms with E-state index < -0.39 is 17.5 Å². The number of benzene rings is 3. The van der Waals surface area contributed by atoms with Crippen LogP contribution < -0.4 is 0 Å². The lowest BCUT2D eigenvalue weighted by atomic mass is 9.98. The molecule has 0 fully saturated rings. The Kier molecular flexibility index (Phi) is 5.53. The van der Waals surface area contributed by atoms with Crippen molar-refractivity contribution >= 4 is 10.8 Å². The largest absolute Gasteiger partial charge is 0.256 e. The van der Waals surface area contributed by atoms with Gasteiger partial charge < -0.3 is 0 Å². The molecular formula is C25H19F4N. The molecule has 3 aromatic carbocycles. The molecule has 0 spiro atoms. The van der Waals surface area contributed by atoms with Crippen LogP contribution in [0.5, 0.6) is 0 Å². The normalized spacial score (nSPS) is 11.2. The maximum absolute atomic E-state index is 15.0. The molecule has 0 saturated heterocycles. The number of nitrogens with zero attached hydrogens (tertiary/aromatic N) is 1. The van der Waals surface area contributed by atoms with Gasteiger partial charge in [-0.3, -0.25) is 4.98 Å². The summed E-state index contributed by atoms with van der Waals surface area (Å²) in [5, 5.41) is 1.21. The number of aromatic nitrogens is 1. The smallest absolute Gasteiger partial charge is 0.194 e. The number of fused-ring (bicyclic) bond motifs is 1. The molecule has 0 amide bonds. The van der Waals surface area contributed by atoms with E-state index in [1.54, 1.807) is 12.1 Å². The second-order valence-corrected chi connectivity index (χ2v) is 7.25. The van der Waals surface area contributed by atoms with Crippen LogP contribution in [-0.4, -0.2) is 4.98 Å². The number of aryl methyl sites for hydroxylation is 3. The van der Waals surface area contributed by atoms with Gasteiger partial charge in [-0.25, -0.2) is 17.6 Å². The summed E-state index contributed by atoms with van der Waals surface area (Å²) in [7, 11) is 0. The summed E-state index contributed by atoms with van der Waals surface area (Å²) < 4.78 is 54.9. The van der Waals surface area contributed by atoms with Crippen LogP contribution in [0.4, 0.5) is 17.6 Å². The van der Waals surface area contributed by atoms with Gasteiger partial charge in [0.2, 0.25) is 0 Å². The first-order chi connectivity index (χ1) is 14.5. The third-order valence-electron chi connectivity index (χ3n) is 5.29. The van der Waals surface area contributed by atoms with Crippen LogP contribution in [0, 0.1) is 23.3 Å². The van der Waals surface area contributed by atoms with Gasteiger partial charge in [0.25, 0.3) is 0 Å². The van der Waals surface area contributed by atoms with E-state index in [1.165, 1.54) is 0 Å². The summed E-state index contributed by atoms with van der Waals surface area (Å²) in [6.45, 7) is 2.07. The second-order valence-electron chi connectivity index (χ2n) is 7.25. The van der Waals surface area contributed by atoms with Crippen molar-refractivity contribution in [2.24, 2.45) is 0 Å². The molecule has 0 radical (unpaired) electrons. The van der Waals surface area contributed by atoms with Crippen LogP contribution in [0.2, 0.25) is 0 Å². The molecule has 4 aromatic rings. The van der Waals surface area contributed by atoms with Gasteiger partial charge in [0.1, 0.15) is 5.82 Å². The van der Waals surface area contributed by atoms with Crippen LogP contribution in [0.15, 0.2) is 60.8 Å². The van der Waals surface area contributed by atoms with E-state index in [4.69, 9.17) is 0 Å². The van der Waals surface area contributed by atoms with E-state index in [-0.39, 0.29) is 24.2 Å². The van der Waals surface area contributed by atoms with Gasteiger partial charge in [-0.1, -0.05) is 37.3 Å². The Bertz CT molecular complexity index is 1190. The van der Waals surface area contributed by atoms with E-state index in [2.05, 4.69) is 11.9 Å². The van der Waals surface area contributed by atoms with E-state index in [1.807, 2.05) is 36.5 Å². The van der Waals surface area contributed by atoms with E-state index in [0.717, 1.165) is 40.8 Å². The Balaban J connectivity index is 1.59. The van der Waals surface area contributed by atoms with Crippen molar-refractivity contribution in [3.63, 3.8) is 0 Å². The van der Waals surface area contributed by atoms with Crippen LogP contribution in [0.25, 0.3) is 22.0 Å². The maximum atomic E-state index is 15.0. The Morgan fingerprint density at radius 3 is 2.17 bits per heavy atom. The first kappa shape index (κ1) is 20.1. The fraction of sp³-hybridized carbons (Fsp3) is 0.160. The zero-order valence-corrected chi connectivity index (χ0v) is 16.4. The molecule has 0 atom stereocenters. The molecule has 0 bridgehead atoms. The molecule has 0 N–H and O–H groups in total. The van der Waals surface area contributed by atoms with Gasteiger partial charge in [-0.05, 0) is 65.6 Å². The van der Waals surface area contributed by atoms with Crippen LogP contribution >= 0.6 is 0 Å². The first-order valence-corrected chi connectivity index (χ1v) is 9.76. The molecule has 30 heavy (non-hydrogen) atoms. The lowest BCUT2D eigenvalue weighted by Gasteiger charge is -2.09. The van der Waals surface area contributed by atoms with Gasteiger partial charge in [0, 0.05) is 17.1 Å². The zero-order valence-electron chi connectivity index (χ0n) is 16.4. The first-order valence-electron chi connectivity index (χ1n) is 9.76. The Hall–Kier alpha value is -3.21. The summed E-state index contributed by atoms with van der Waals surface area (Å²) >= 11 is 0. The number of hydrogen-bond donors (Lipinski definition) is 0. The van der Waals surface area contributed by atoms with Crippen molar-refractivity contribution < 1.29 is 17.6 Å². The van der Waals surface area contributed by atoms with Gasteiger partial charge in [0.15, 0.2) is 17.5 Å². The number of pyridine rings is 1. The average molecular weight is 409 g/mol. The number of hydrogen-bond acceptors (Lipinski definition) is 1. The summed E-state index contributed by atoms with van der Waals surface area (Å²) in [5.41, 5.74) is 3.58. The maximum Gasteiger partial charge on any atom is 0.194 e. The third-order valence-corrected chi connectivity index (χ3v) is 5.29. The SMILES string of the molecule is CCc1ccc(-c2ccc3c(F)c(CCc4cc(F)c(F)c(F)c4)ccc3c2)nc1. The molecule has 152 valence electrons. The van der Waals surface area contributed by atoms with Crippen molar-refractivity contribution in [1.29, 1.82) is 0 Å². The summed E-state index contributed by atoms with van der Waals surface area (Å²) in [6.07, 6.45) is 3.19. The zero-order chi connectivity index (χ0) is 21.3. The number of rotatable bonds is 5. The van der Waals surface area contributed by atoms with Gasteiger partial charge in [0.05, 0.1) is 5.69 Å². The monoisotopic (exact) mass is 409 g/mol. The van der Waals surface area contributed by atoms with E-state index in [0.29, 0.717) is 10.9 Å². The molecule has 1 aromatic heterocycles. The van der Waals surface area contributed by atoms with Crippen molar-refractivity contribution in [2.75, 3.05) is 0 Å². The highest BCUT2D eigenvalue weighted by Crippen LogP contribution is 2.27. The molecular weight excluding hydrogens is 390 g/mol. The molecule has 0 saturated carbocycles. The lowest BCUT2D eigenvalue weighted by molar-refractivity contribution is 0.445. The Morgan fingerprint density at radius 1 is 0.733 bits per heavy atom. The molecule has 0 aliphatic heterocycles. The van der Waals surface area contributed by atoms with E-state index in [9.17, 15) is 13.2 Å². The van der Waals surface area contributed by atoms with Crippen molar-refractivity contribution in [3.05, 3.63) is 101 Å². The quantitative estimate of drug-likeness (QED) is 0.261. The topological polar surface area (TPSA) is 12.9 Å². The van der Waals surface area contributed by atoms with Gasteiger partial charge in [-0.15, -0.1) is 0 Å². The van der Waals surface area contributed by atoms with E-state index >= 15 is 4.39 Å². The van der Waals surface area contributed by atoms with Crippen LogP contribution in [-0.2, 0) is 19.3 Å². The average Bonchev–Trinajstić information content (AvgIpc) is 2.76. The fourth-order valence-corrected chi connectivity index (χ4v) is 3.53. The molecule has 0 aliphatic rings. The Morgan fingerprint density at radius 2 is 1.50 bits per heavy atom. The second kappa shape index (κ2) is 8.27. The molecule has 0 aliphatic carbocycles. The van der Waals surface area contributed by atoms with Gasteiger partial charge in [-0.2, -0.15) is 0 Å². The lowest BCUT2D eigenvalue weighted by Crippen LogP contribution is -1.99.